The van der Waals surface area contributed by atoms with Crippen molar-refractivity contribution in [3.63, 3.8) is 0 Å². The van der Waals surface area contributed by atoms with Crippen molar-refractivity contribution >= 4 is 34.6 Å². The summed E-state index contributed by atoms with van der Waals surface area (Å²) in [6.07, 6.45) is -0.983. The minimum atomic E-state index is -4.84. The molecule has 43 heavy (non-hydrogen) atoms. The molecule has 3 aromatic rings. The second kappa shape index (κ2) is 11.3. The summed E-state index contributed by atoms with van der Waals surface area (Å²) in [4.78, 5) is 28.8. The number of hydrogen-bond donors (Lipinski definition) is 2. The summed E-state index contributed by atoms with van der Waals surface area (Å²) in [6.45, 7) is 5.05. The molecule has 10 nitrogen and oxygen atoms in total. The molecule has 0 aliphatic carbocycles. The average Bonchev–Trinajstić information content (AvgIpc) is 3.75. The zero-order chi connectivity index (χ0) is 30.3. The molecule has 3 atom stereocenters. The molecule has 2 N–H and O–H groups in total. The lowest BCUT2D eigenvalue weighted by Crippen LogP contribution is -2.37. The molecular weight excluding hydrogens is 572 g/mol. The Morgan fingerprint density at radius 2 is 2.02 bits per heavy atom. The maximum atomic E-state index is 13.9. The van der Waals surface area contributed by atoms with Gasteiger partial charge in [0.2, 0.25) is 5.91 Å². The van der Waals surface area contributed by atoms with E-state index in [2.05, 4.69) is 32.1 Å². The van der Waals surface area contributed by atoms with Crippen molar-refractivity contribution in [2.24, 2.45) is 0 Å². The highest BCUT2D eigenvalue weighted by atomic mass is 19.4. The molecule has 1 amide bonds. The van der Waals surface area contributed by atoms with Crippen LogP contribution in [0.15, 0.2) is 55.4 Å². The third-order valence-corrected chi connectivity index (χ3v) is 7.70. The number of aromatic nitrogens is 2. The Kier molecular flexibility index (Phi) is 7.56. The number of anilines is 5. The number of halogens is 4. The molecule has 3 aliphatic heterocycles. The lowest BCUT2D eigenvalue weighted by atomic mass is 10.0. The van der Waals surface area contributed by atoms with Crippen molar-refractivity contribution in [2.45, 2.75) is 37.2 Å². The van der Waals surface area contributed by atoms with Gasteiger partial charge in [-0.1, -0.05) is 12.6 Å². The van der Waals surface area contributed by atoms with E-state index < -0.39 is 23.6 Å². The van der Waals surface area contributed by atoms with Crippen LogP contribution in [-0.4, -0.2) is 54.9 Å². The van der Waals surface area contributed by atoms with Crippen molar-refractivity contribution in [3.8, 4) is 5.75 Å². The molecule has 0 radical (unpaired) electrons. The minimum Gasteiger partial charge on any atom is -0.494 e. The number of fused-ring (bicyclic) bond motifs is 2. The van der Waals surface area contributed by atoms with Crippen LogP contribution in [0.4, 0.5) is 46.3 Å². The Hall–Kier alpha value is -4.43. The van der Waals surface area contributed by atoms with Crippen molar-refractivity contribution in [1.29, 1.82) is 0 Å². The van der Waals surface area contributed by atoms with Crippen molar-refractivity contribution in [1.82, 2.24) is 9.97 Å². The number of nitrogens with one attached hydrogen (secondary N) is 2. The third-order valence-electron chi connectivity index (χ3n) is 7.70. The molecule has 0 saturated carbocycles. The summed E-state index contributed by atoms with van der Waals surface area (Å²) >= 11 is 0. The van der Waals surface area contributed by atoms with Gasteiger partial charge in [0, 0.05) is 25.1 Å². The van der Waals surface area contributed by atoms with Gasteiger partial charge in [0.1, 0.15) is 23.7 Å². The molecule has 0 spiro atoms. The van der Waals surface area contributed by atoms with Gasteiger partial charge < -0.3 is 25.0 Å². The van der Waals surface area contributed by atoms with Gasteiger partial charge in [-0.25, -0.2) is 19.4 Å². The number of methoxy groups -OCH3 is 1. The van der Waals surface area contributed by atoms with E-state index >= 15 is 0 Å². The van der Waals surface area contributed by atoms with Crippen LogP contribution >= 0.6 is 0 Å². The topological polar surface area (TPSA) is 101 Å². The highest BCUT2D eigenvalue weighted by Crippen LogP contribution is 2.43. The lowest BCUT2D eigenvalue weighted by molar-refractivity contribution is -0.140. The third kappa shape index (κ3) is 5.67. The second-order valence-electron chi connectivity index (χ2n) is 10.3. The van der Waals surface area contributed by atoms with Crippen molar-refractivity contribution in [2.75, 3.05) is 47.5 Å². The van der Waals surface area contributed by atoms with Gasteiger partial charge in [0.15, 0.2) is 5.82 Å². The van der Waals surface area contributed by atoms with Crippen molar-refractivity contribution < 1.29 is 36.7 Å². The predicted molar refractivity (Wildman–Crippen MR) is 150 cm³/mol. The molecule has 1 aromatic heterocycles. The molecule has 2 aromatic carbocycles. The molecule has 2 bridgehead atoms. The number of morpholine rings is 1. The van der Waals surface area contributed by atoms with Crippen LogP contribution in [-0.2, 0) is 20.5 Å². The van der Waals surface area contributed by atoms with E-state index in [-0.39, 0.29) is 36.0 Å². The minimum absolute atomic E-state index is 0.128. The molecule has 14 heteroatoms. The Morgan fingerprint density at radius 3 is 2.72 bits per heavy atom. The first kappa shape index (κ1) is 28.7. The molecule has 4 heterocycles. The van der Waals surface area contributed by atoms with E-state index in [0.29, 0.717) is 42.5 Å². The van der Waals surface area contributed by atoms with Gasteiger partial charge in [0.05, 0.1) is 61.1 Å². The fourth-order valence-electron chi connectivity index (χ4n) is 5.69. The molecular formula is C29H28F4N6O4. The van der Waals surface area contributed by atoms with Gasteiger partial charge in [0.25, 0.3) is 0 Å². The Labute approximate surface area is 244 Å². The van der Waals surface area contributed by atoms with Crippen LogP contribution in [0.3, 0.4) is 0 Å². The highest BCUT2D eigenvalue weighted by molar-refractivity contribution is 6.02. The molecule has 3 fully saturated rings. The fraction of sp³-hybridized carbons (Fsp3) is 0.345. The average molecular weight is 601 g/mol. The van der Waals surface area contributed by atoms with E-state index in [1.165, 1.54) is 30.6 Å². The Morgan fingerprint density at radius 1 is 1.19 bits per heavy atom. The van der Waals surface area contributed by atoms with Crippen LogP contribution in [0.5, 0.6) is 5.75 Å². The first-order valence-electron chi connectivity index (χ1n) is 13.6. The van der Waals surface area contributed by atoms with E-state index in [1.54, 1.807) is 12.1 Å². The maximum Gasteiger partial charge on any atom is 0.419 e. The summed E-state index contributed by atoms with van der Waals surface area (Å²) in [5.74, 6) is -0.632. The molecule has 226 valence electrons. The zero-order valence-corrected chi connectivity index (χ0v) is 23.0. The number of hydroxylamine groups is 1. The number of benzene rings is 2. The lowest BCUT2D eigenvalue weighted by Gasteiger charge is -2.31. The molecule has 3 saturated heterocycles. The normalized spacial score (nSPS) is 21.3. The van der Waals surface area contributed by atoms with E-state index in [0.717, 1.165) is 24.2 Å². The van der Waals surface area contributed by atoms with Gasteiger partial charge in [-0.2, -0.15) is 13.2 Å². The Balaban J connectivity index is 1.30. The molecule has 3 aliphatic rings. The fourth-order valence-corrected chi connectivity index (χ4v) is 5.69. The number of carbonyl (C=O) groups is 1. The van der Waals surface area contributed by atoms with Crippen LogP contribution in [0.1, 0.15) is 30.0 Å². The SMILES string of the molecule is C=CC(=O)Nc1cc(Nc2cc(N3OCCC3c3ccc(F)c(C(F)(F)F)c3)ncn2)c(OC)cc1N1C[C@H]2C[C@@H]1CO2. The summed E-state index contributed by atoms with van der Waals surface area (Å²) in [6, 6.07) is 7.58. The summed E-state index contributed by atoms with van der Waals surface area (Å²) in [5.41, 5.74) is 0.701. The van der Waals surface area contributed by atoms with Gasteiger partial charge in [-0.3, -0.25) is 9.63 Å². The number of alkyl halides is 3. The standard InChI is InChI=1S/C29H28F4N6O4/c1-3-28(40)37-21-10-22(25(41-2)11-24(21)38-13-18-9-17(38)14-42-18)36-26-12-27(35-15-34-26)39-23(6-7-43-39)16-4-5-20(30)19(8-16)29(31,32)33/h3-5,8,10-12,15,17-18,23H,1,6-7,9,13-14H2,2H3,(H,37,40)(H,34,35,36)/t17-,18-,23?/m1/s1. The van der Waals surface area contributed by atoms with Crippen LogP contribution in [0.25, 0.3) is 0 Å². The highest BCUT2D eigenvalue weighted by Gasteiger charge is 2.40. The number of nitrogens with zero attached hydrogens (tertiary/aromatic N) is 4. The molecule has 6 rings (SSSR count). The van der Waals surface area contributed by atoms with E-state index in [9.17, 15) is 22.4 Å². The number of carbonyl (C=O) groups excluding carboxylic acids is 1. The smallest absolute Gasteiger partial charge is 0.419 e. The van der Waals surface area contributed by atoms with E-state index in [1.807, 2.05) is 6.07 Å². The second-order valence-corrected chi connectivity index (χ2v) is 10.3. The first-order chi connectivity index (χ1) is 20.6. The number of rotatable bonds is 8. The quantitative estimate of drug-likeness (QED) is 0.261. The maximum absolute atomic E-state index is 13.9. The van der Waals surface area contributed by atoms with Gasteiger partial charge >= 0.3 is 6.18 Å². The number of ether oxygens (including phenoxy) is 2. The van der Waals surface area contributed by atoms with Gasteiger partial charge in [-0.05, 0) is 36.3 Å². The Bertz CT molecular complexity index is 1550. The predicted octanol–water partition coefficient (Wildman–Crippen LogP) is 5.37. The summed E-state index contributed by atoms with van der Waals surface area (Å²) in [5, 5.41) is 7.44. The van der Waals surface area contributed by atoms with Crippen molar-refractivity contribution in [3.05, 3.63) is 72.3 Å². The van der Waals surface area contributed by atoms with E-state index in [4.69, 9.17) is 14.3 Å². The summed E-state index contributed by atoms with van der Waals surface area (Å²) in [7, 11) is 1.53. The largest absolute Gasteiger partial charge is 0.494 e. The number of hydrogen-bond acceptors (Lipinski definition) is 9. The molecule has 1 unspecified atom stereocenters. The van der Waals surface area contributed by atoms with Crippen LogP contribution in [0, 0.1) is 5.82 Å². The monoisotopic (exact) mass is 600 g/mol. The summed E-state index contributed by atoms with van der Waals surface area (Å²) < 4.78 is 65.4. The van der Waals surface area contributed by atoms with Gasteiger partial charge in [-0.15, -0.1) is 0 Å². The van der Waals surface area contributed by atoms with Crippen LogP contribution < -0.4 is 25.3 Å². The first-order valence-corrected chi connectivity index (χ1v) is 13.6. The zero-order valence-electron chi connectivity index (χ0n) is 23.0. The number of amides is 1. The van der Waals surface area contributed by atoms with Crippen LogP contribution in [0.2, 0.25) is 0 Å².